The zero-order valence-electron chi connectivity index (χ0n) is 8.34. The molecule has 2 nitrogen and oxygen atoms in total. The Balaban J connectivity index is 2.46. The van der Waals surface area contributed by atoms with Crippen LogP contribution in [0.3, 0.4) is 0 Å². The highest BCUT2D eigenvalue weighted by Gasteiger charge is 2.03. The summed E-state index contributed by atoms with van der Waals surface area (Å²) in [6, 6.07) is 8.08. The number of para-hydroxylation sites is 1. The van der Waals surface area contributed by atoms with Crippen molar-refractivity contribution in [2.45, 2.75) is 6.54 Å². The third kappa shape index (κ3) is 1.76. The van der Waals surface area contributed by atoms with E-state index >= 15 is 0 Å². The van der Waals surface area contributed by atoms with Gasteiger partial charge in [0.25, 0.3) is 0 Å². The number of fused-ring (bicyclic) bond motifs is 1. The molecule has 74 valence electrons. The van der Waals surface area contributed by atoms with Gasteiger partial charge in [-0.2, -0.15) is 0 Å². The molecule has 0 atom stereocenters. The summed E-state index contributed by atoms with van der Waals surface area (Å²) in [7, 11) is 4.10. The van der Waals surface area contributed by atoms with Gasteiger partial charge in [-0.3, -0.25) is 0 Å². The third-order valence-corrected chi connectivity index (χ3v) is 2.46. The molecule has 0 amide bonds. The van der Waals surface area contributed by atoms with Gasteiger partial charge in [-0.05, 0) is 26.2 Å². The maximum absolute atomic E-state index is 6.06. The minimum Gasteiger partial charge on any atom is -0.356 e. The fourth-order valence-electron chi connectivity index (χ4n) is 1.60. The van der Waals surface area contributed by atoms with E-state index in [1.807, 2.05) is 26.2 Å². The van der Waals surface area contributed by atoms with Crippen molar-refractivity contribution in [1.29, 1.82) is 0 Å². The Morgan fingerprint density at radius 3 is 2.79 bits per heavy atom. The minimum absolute atomic E-state index is 0.785. The summed E-state index contributed by atoms with van der Waals surface area (Å²) in [5.74, 6) is 0. The van der Waals surface area contributed by atoms with Gasteiger partial charge in [-0.1, -0.05) is 23.7 Å². The van der Waals surface area contributed by atoms with Gasteiger partial charge >= 0.3 is 0 Å². The van der Waals surface area contributed by atoms with E-state index in [2.05, 4.69) is 22.0 Å². The van der Waals surface area contributed by atoms with Crippen molar-refractivity contribution in [3.05, 3.63) is 35.0 Å². The Morgan fingerprint density at radius 1 is 1.36 bits per heavy atom. The fraction of sp³-hybridized carbons (Fsp3) is 0.273. The highest BCUT2D eigenvalue weighted by Crippen LogP contribution is 2.23. The Hall–Kier alpha value is -0.990. The van der Waals surface area contributed by atoms with Crippen molar-refractivity contribution < 1.29 is 0 Å². The largest absolute Gasteiger partial charge is 0.356 e. The van der Waals surface area contributed by atoms with Crippen LogP contribution >= 0.6 is 11.6 Å². The van der Waals surface area contributed by atoms with E-state index < -0.39 is 0 Å². The predicted molar refractivity (Wildman–Crippen MR) is 60.7 cm³/mol. The molecule has 0 bridgehead atoms. The quantitative estimate of drug-likeness (QED) is 0.804. The maximum atomic E-state index is 6.06. The average Bonchev–Trinajstić information content (AvgIpc) is 2.47. The van der Waals surface area contributed by atoms with E-state index in [0.717, 1.165) is 17.1 Å². The lowest BCUT2D eigenvalue weighted by atomic mass is 10.2. The molecule has 2 aromatic rings. The Kier molecular flexibility index (Phi) is 2.48. The Morgan fingerprint density at radius 2 is 2.14 bits per heavy atom. The van der Waals surface area contributed by atoms with Crippen LogP contribution in [0.5, 0.6) is 0 Å². The monoisotopic (exact) mass is 208 g/mol. The van der Waals surface area contributed by atoms with Crippen LogP contribution in [0.2, 0.25) is 5.02 Å². The second kappa shape index (κ2) is 3.64. The molecule has 0 fully saturated rings. The summed E-state index contributed by atoms with van der Waals surface area (Å²) >= 11 is 6.06. The van der Waals surface area contributed by atoms with E-state index in [1.165, 1.54) is 11.1 Å². The van der Waals surface area contributed by atoms with Crippen LogP contribution in [-0.4, -0.2) is 24.0 Å². The first-order valence-corrected chi connectivity index (χ1v) is 4.95. The molecule has 0 saturated carbocycles. The van der Waals surface area contributed by atoms with Crippen LogP contribution in [0.25, 0.3) is 10.9 Å². The van der Waals surface area contributed by atoms with Crippen molar-refractivity contribution in [1.82, 2.24) is 9.88 Å². The van der Waals surface area contributed by atoms with Gasteiger partial charge in [0.15, 0.2) is 0 Å². The molecule has 1 aromatic carbocycles. The Bertz CT molecular complexity index is 445. The molecule has 1 aromatic heterocycles. The minimum atomic E-state index is 0.785. The SMILES string of the molecule is CN(C)Cc1cc2cccc(Cl)c2[nH]1. The van der Waals surface area contributed by atoms with Crippen molar-refractivity contribution in [3.63, 3.8) is 0 Å². The number of benzene rings is 1. The second-order valence-corrected chi connectivity index (χ2v) is 4.14. The molecule has 14 heavy (non-hydrogen) atoms. The average molecular weight is 209 g/mol. The van der Waals surface area contributed by atoms with E-state index in [9.17, 15) is 0 Å². The number of hydrogen-bond acceptors (Lipinski definition) is 1. The molecular formula is C11H13ClN2. The normalized spacial score (nSPS) is 11.4. The number of nitrogens with zero attached hydrogens (tertiary/aromatic N) is 1. The molecule has 1 heterocycles. The molecule has 0 unspecified atom stereocenters. The number of hydrogen-bond donors (Lipinski definition) is 1. The van der Waals surface area contributed by atoms with Crippen molar-refractivity contribution in [3.8, 4) is 0 Å². The maximum Gasteiger partial charge on any atom is 0.0647 e. The number of aromatic amines is 1. The lowest BCUT2D eigenvalue weighted by molar-refractivity contribution is 0.398. The standard InChI is InChI=1S/C11H13ClN2/c1-14(2)7-9-6-8-4-3-5-10(12)11(8)13-9/h3-6,13H,7H2,1-2H3. The number of aromatic nitrogens is 1. The highest BCUT2D eigenvalue weighted by molar-refractivity contribution is 6.35. The summed E-state index contributed by atoms with van der Waals surface area (Å²) in [4.78, 5) is 5.45. The van der Waals surface area contributed by atoms with Gasteiger partial charge < -0.3 is 9.88 Å². The topological polar surface area (TPSA) is 19.0 Å². The molecule has 1 N–H and O–H groups in total. The zero-order valence-corrected chi connectivity index (χ0v) is 9.10. The van der Waals surface area contributed by atoms with Crippen molar-refractivity contribution >= 4 is 22.5 Å². The van der Waals surface area contributed by atoms with Crippen LogP contribution in [0, 0.1) is 0 Å². The molecule has 0 saturated heterocycles. The molecule has 0 aliphatic heterocycles. The third-order valence-electron chi connectivity index (χ3n) is 2.15. The van der Waals surface area contributed by atoms with E-state index in [-0.39, 0.29) is 0 Å². The van der Waals surface area contributed by atoms with E-state index in [1.54, 1.807) is 0 Å². The number of nitrogens with one attached hydrogen (secondary N) is 1. The van der Waals surface area contributed by atoms with Gasteiger partial charge in [0.1, 0.15) is 0 Å². The summed E-state index contributed by atoms with van der Waals surface area (Å²) in [5.41, 5.74) is 2.23. The molecular weight excluding hydrogens is 196 g/mol. The van der Waals surface area contributed by atoms with Crippen LogP contribution in [0.1, 0.15) is 5.69 Å². The smallest absolute Gasteiger partial charge is 0.0647 e. The second-order valence-electron chi connectivity index (χ2n) is 3.74. The van der Waals surface area contributed by atoms with Gasteiger partial charge in [0.05, 0.1) is 10.5 Å². The molecule has 0 aliphatic carbocycles. The predicted octanol–water partition coefficient (Wildman–Crippen LogP) is 2.88. The fourth-order valence-corrected chi connectivity index (χ4v) is 1.83. The summed E-state index contributed by atoms with van der Waals surface area (Å²) in [6.45, 7) is 0.908. The summed E-state index contributed by atoms with van der Waals surface area (Å²) in [5, 5.41) is 1.96. The van der Waals surface area contributed by atoms with E-state index in [0.29, 0.717) is 0 Å². The zero-order chi connectivity index (χ0) is 10.1. The van der Waals surface area contributed by atoms with Gasteiger partial charge in [-0.25, -0.2) is 0 Å². The van der Waals surface area contributed by atoms with Gasteiger partial charge in [0.2, 0.25) is 0 Å². The van der Waals surface area contributed by atoms with Crippen LogP contribution in [0.15, 0.2) is 24.3 Å². The van der Waals surface area contributed by atoms with Crippen LogP contribution in [-0.2, 0) is 6.54 Å². The first-order valence-electron chi connectivity index (χ1n) is 4.57. The molecule has 2 rings (SSSR count). The molecule has 0 spiro atoms. The summed E-state index contributed by atoms with van der Waals surface area (Å²) in [6.07, 6.45) is 0. The lowest BCUT2D eigenvalue weighted by Crippen LogP contribution is -2.10. The Labute approximate surface area is 88.5 Å². The van der Waals surface area contributed by atoms with Crippen molar-refractivity contribution in [2.75, 3.05) is 14.1 Å². The van der Waals surface area contributed by atoms with E-state index in [4.69, 9.17) is 11.6 Å². The lowest BCUT2D eigenvalue weighted by Gasteiger charge is -2.06. The molecule has 3 heteroatoms. The molecule has 0 radical (unpaired) electrons. The number of H-pyrrole nitrogens is 1. The summed E-state index contributed by atoms with van der Waals surface area (Å²) < 4.78 is 0. The van der Waals surface area contributed by atoms with Crippen LogP contribution < -0.4 is 0 Å². The van der Waals surface area contributed by atoms with Crippen molar-refractivity contribution in [2.24, 2.45) is 0 Å². The first-order chi connectivity index (χ1) is 6.66. The van der Waals surface area contributed by atoms with Crippen LogP contribution in [0.4, 0.5) is 0 Å². The number of rotatable bonds is 2. The number of halogens is 1. The first kappa shape index (κ1) is 9.56. The molecule has 0 aliphatic rings. The van der Waals surface area contributed by atoms with Gasteiger partial charge in [-0.15, -0.1) is 0 Å². The van der Waals surface area contributed by atoms with Gasteiger partial charge in [0, 0.05) is 17.6 Å². The highest BCUT2D eigenvalue weighted by atomic mass is 35.5.